The van der Waals surface area contributed by atoms with E-state index < -0.39 is 23.8 Å². The van der Waals surface area contributed by atoms with Crippen molar-refractivity contribution in [3.8, 4) is 5.75 Å². The van der Waals surface area contributed by atoms with Gasteiger partial charge in [-0.25, -0.2) is 4.98 Å². The summed E-state index contributed by atoms with van der Waals surface area (Å²) in [6.45, 7) is 10.9. The topological polar surface area (TPSA) is 201 Å². The van der Waals surface area contributed by atoms with E-state index in [1.54, 1.807) is 22.9 Å². The van der Waals surface area contributed by atoms with Crippen molar-refractivity contribution in [2.75, 3.05) is 68.0 Å². The predicted octanol–water partition coefficient (Wildman–Crippen LogP) is 4.72. The molecule has 0 bridgehead atoms. The van der Waals surface area contributed by atoms with E-state index in [2.05, 4.69) is 35.6 Å². The lowest BCUT2D eigenvalue weighted by Gasteiger charge is -2.59. The third kappa shape index (κ3) is 8.44. The summed E-state index contributed by atoms with van der Waals surface area (Å²) in [6.07, 6.45) is 8.22. The smallest absolute Gasteiger partial charge is 0.293 e. The van der Waals surface area contributed by atoms with Gasteiger partial charge in [-0.3, -0.25) is 43.9 Å². The molecule has 0 radical (unpaired) electrons. The molecule has 358 valence electrons. The number of carbonyl (C=O) groups is 5. The van der Waals surface area contributed by atoms with Gasteiger partial charge in [-0.15, -0.1) is 0 Å². The summed E-state index contributed by atoms with van der Waals surface area (Å²) >= 11 is 6.61. The number of anilines is 4. The van der Waals surface area contributed by atoms with Gasteiger partial charge >= 0.3 is 0 Å². The first-order chi connectivity index (χ1) is 32.7. The van der Waals surface area contributed by atoms with E-state index >= 15 is 0 Å². The fourth-order valence-corrected chi connectivity index (χ4v) is 11.2. The molecular weight excluding hydrogens is 892 g/mol. The summed E-state index contributed by atoms with van der Waals surface area (Å²) in [4.78, 5) is 93.9. The zero-order valence-corrected chi connectivity index (χ0v) is 39.6. The monoisotopic (exact) mass is 948 g/mol. The number of nitrogens with one attached hydrogen (secondary N) is 3. The van der Waals surface area contributed by atoms with Gasteiger partial charge in [0, 0.05) is 81.6 Å². The number of likely N-dealkylation sites (tertiary alicyclic amines) is 1. The SMILES string of the molecule is CNC(=O)COc1cc2cc(Nc3nc(N4CCC(OC5CC(N6CC7(CCN(c8ccc9c(c8C)C(=O)N([C@@H]8CCC(=O)NC8=O)C9=O)CC7)C6)C5)CC4)ncc3Cl)ccc2n(C(C)C)c1=O. The number of piperidine rings is 3. The summed E-state index contributed by atoms with van der Waals surface area (Å²) in [5, 5.41) is 9.24. The minimum absolute atomic E-state index is 0.0912. The average Bonchev–Trinajstić information content (AvgIpc) is 3.55. The van der Waals surface area contributed by atoms with Crippen LogP contribution in [0.15, 0.2) is 47.4 Å². The second-order valence-electron chi connectivity index (χ2n) is 19.5. The zero-order chi connectivity index (χ0) is 47.6. The van der Waals surface area contributed by atoms with E-state index in [1.165, 1.54) is 7.05 Å². The molecule has 1 aliphatic carbocycles. The van der Waals surface area contributed by atoms with E-state index in [1.807, 2.05) is 45.0 Å². The van der Waals surface area contributed by atoms with Gasteiger partial charge < -0.3 is 34.5 Å². The van der Waals surface area contributed by atoms with Gasteiger partial charge in [0.25, 0.3) is 23.3 Å². The molecule has 4 aromatic rings. The Kier molecular flexibility index (Phi) is 12.1. The van der Waals surface area contributed by atoms with Crippen molar-refractivity contribution >= 4 is 75.2 Å². The van der Waals surface area contributed by atoms with Crippen molar-refractivity contribution in [3.05, 3.63) is 74.7 Å². The van der Waals surface area contributed by atoms with Gasteiger partial charge in [-0.2, -0.15) is 4.98 Å². The molecule has 2 aromatic carbocycles. The number of ether oxygens (including phenoxy) is 2. The fraction of sp³-hybridized carbons (Fsp3) is 0.510. The van der Waals surface area contributed by atoms with Crippen LogP contribution in [0.25, 0.3) is 10.9 Å². The van der Waals surface area contributed by atoms with E-state index in [-0.39, 0.29) is 66.2 Å². The van der Waals surface area contributed by atoms with Gasteiger partial charge in [-0.05, 0) is 113 Å². The van der Waals surface area contributed by atoms with Crippen molar-refractivity contribution in [3.63, 3.8) is 0 Å². The summed E-state index contributed by atoms with van der Waals surface area (Å²) in [6, 6.07) is 10.4. The number of carbonyl (C=O) groups excluding carboxylic acids is 5. The standard InChI is InChI=1S/C49H57ClN10O8/c1-27(2)59-37-7-5-30(19-29(37)20-39(46(59)65)67-24-41(62)51-4)53-43-35(50)23-52-48(55-43)57-15-11-32(12-16-57)68-33-21-31(22-33)58-25-49(26-58)13-17-56(18-14-49)36-8-6-34-42(28(36)3)47(66)60(45(34)64)38-9-10-40(61)54-44(38)63/h5-8,19-20,23,27,31-33,38H,9-18,21-22,24-26H2,1-4H3,(H,51,62)(H,52,53,55)(H,54,61,63)/t31?,33?,38-/m1/s1. The van der Waals surface area contributed by atoms with Crippen LogP contribution in [-0.2, 0) is 19.1 Å². The van der Waals surface area contributed by atoms with Gasteiger partial charge in [0.15, 0.2) is 18.2 Å². The highest BCUT2D eigenvalue weighted by Gasteiger charge is 2.51. The molecule has 10 rings (SSSR count). The molecule has 2 aromatic heterocycles. The number of rotatable bonds is 12. The number of benzene rings is 2. The second kappa shape index (κ2) is 18.1. The second-order valence-corrected chi connectivity index (χ2v) is 20.0. The molecule has 6 aliphatic rings. The van der Waals surface area contributed by atoms with E-state index in [0.717, 1.165) is 105 Å². The molecule has 1 spiro atoms. The maximum absolute atomic E-state index is 13.6. The molecule has 5 aliphatic heterocycles. The number of aromatic nitrogens is 3. The largest absolute Gasteiger partial charge is 0.478 e. The molecule has 18 nitrogen and oxygen atoms in total. The third-order valence-corrected chi connectivity index (χ3v) is 15.2. The van der Waals surface area contributed by atoms with E-state index in [0.29, 0.717) is 39.6 Å². The number of pyridine rings is 1. The summed E-state index contributed by atoms with van der Waals surface area (Å²) in [5.74, 6) is -1.12. The molecule has 0 unspecified atom stereocenters. The Morgan fingerprint density at radius 1 is 0.941 bits per heavy atom. The van der Waals surface area contributed by atoms with Crippen LogP contribution in [0.4, 0.5) is 23.1 Å². The Bertz CT molecular complexity index is 2770. The summed E-state index contributed by atoms with van der Waals surface area (Å²) < 4.78 is 13.9. The van der Waals surface area contributed by atoms with Crippen LogP contribution in [0.1, 0.15) is 97.5 Å². The van der Waals surface area contributed by atoms with Gasteiger partial charge in [0.2, 0.25) is 17.8 Å². The third-order valence-electron chi connectivity index (χ3n) is 14.9. The lowest BCUT2D eigenvalue weighted by atomic mass is 9.69. The highest BCUT2D eigenvalue weighted by atomic mass is 35.5. The van der Waals surface area contributed by atoms with Crippen LogP contribution in [0.5, 0.6) is 5.75 Å². The first-order valence-corrected chi connectivity index (χ1v) is 24.1. The van der Waals surface area contributed by atoms with Gasteiger partial charge in [0.1, 0.15) is 11.1 Å². The molecular formula is C49H57ClN10O8. The molecule has 4 saturated heterocycles. The number of amides is 5. The normalized spacial score (nSPS) is 22.9. The number of nitrogens with zero attached hydrogens (tertiary/aromatic N) is 7. The summed E-state index contributed by atoms with van der Waals surface area (Å²) in [7, 11) is 1.51. The van der Waals surface area contributed by atoms with Crippen molar-refractivity contribution in [2.45, 2.75) is 102 Å². The Morgan fingerprint density at radius 3 is 2.40 bits per heavy atom. The summed E-state index contributed by atoms with van der Waals surface area (Å²) in [5.41, 5.74) is 3.83. The average molecular weight is 950 g/mol. The van der Waals surface area contributed by atoms with E-state index in [9.17, 15) is 28.8 Å². The number of imide groups is 2. The highest BCUT2D eigenvalue weighted by molar-refractivity contribution is 6.33. The lowest BCUT2D eigenvalue weighted by molar-refractivity contribution is -0.136. The molecule has 7 heterocycles. The zero-order valence-electron chi connectivity index (χ0n) is 38.8. The van der Waals surface area contributed by atoms with Crippen LogP contribution in [0.2, 0.25) is 5.02 Å². The first-order valence-electron chi connectivity index (χ1n) is 23.8. The molecule has 1 atom stereocenters. The Hall–Kier alpha value is -6.11. The molecule has 1 saturated carbocycles. The molecule has 3 N–H and O–H groups in total. The Labute approximate surface area is 398 Å². The molecule has 68 heavy (non-hydrogen) atoms. The molecule has 19 heteroatoms. The van der Waals surface area contributed by atoms with Crippen LogP contribution in [0.3, 0.4) is 0 Å². The van der Waals surface area contributed by atoms with Gasteiger partial charge in [0.05, 0.1) is 35.0 Å². The van der Waals surface area contributed by atoms with Crippen molar-refractivity contribution in [1.82, 2.24) is 35.0 Å². The van der Waals surface area contributed by atoms with E-state index in [4.69, 9.17) is 26.1 Å². The quantitative estimate of drug-likeness (QED) is 0.165. The minimum atomic E-state index is -0.978. The lowest BCUT2D eigenvalue weighted by Crippen LogP contribution is -2.66. The van der Waals surface area contributed by atoms with Crippen LogP contribution < -0.4 is 36.0 Å². The van der Waals surface area contributed by atoms with Crippen molar-refractivity contribution in [2.24, 2.45) is 5.41 Å². The Balaban J connectivity index is 0.681. The van der Waals surface area contributed by atoms with Crippen LogP contribution >= 0.6 is 11.6 Å². The van der Waals surface area contributed by atoms with Crippen molar-refractivity contribution in [1.29, 1.82) is 0 Å². The number of hydrogen-bond donors (Lipinski definition) is 3. The number of hydrogen-bond acceptors (Lipinski definition) is 14. The highest BCUT2D eigenvalue weighted by Crippen LogP contribution is 2.46. The number of halogens is 1. The maximum Gasteiger partial charge on any atom is 0.293 e. The first kappa shape index (κ1) is 45.7. The van der Waals surface area contributed by atoms with Crippen LogP contribution in [0, 0.1) is 12.3 Å². The molecule has 5 fully saturated rings. The van der Waals surface area contributed by atoms with Crippen molar-refractivity contribution < 1.29 is 33.4 Å². The maximum atomic E-state index is 13.6. The predicted molar refractivity (Wildman–Crippen MR) is 255 cm³/mol. The number of fused-ring (bicyclic) bond motifs is 2. The Morgan fingerprint density at radius 2 is 1.69 bits per heavy atom. The van der Waals surface area contributed by atoms with Gasteiger partial charge in [-0.1, -0.05) is 11.6 Å². The fourth-order valence-electron chi connectivity index (χ4n) is 11.0. The number of likely N-dealkylation sites (N-methyl/N-ethyl adjacent to an activating group) is 1. The molecule has 5 amide bonds. The van der Waals surface area contributed by atoms with Crippen LogP contribution in [-0.4, -0.2) is 131 Å². The minimum Gasteiger partial charge on any atom is -0.478 e.